The topological polar surface area (TPSA) is 60.4 Å². The summed E-state index contributed by atoms with van der Waals surface area (Å²) in [5.41, 5.74) is 4.50. The van der Waals surface area contributed by atoms with Gasteiger partial charge in [0.25, 0.3) is 5.91 Å². The molecule has 6 heteroatoms. The molecular weight excluding hydrogens is 500 g/mol. The average Bonchev–Trinajstić information content (AvgIpc) is 3.01. The molecule has 1 aliphatic heterocycles. The number of benzene rings is 4. The second kappa shape index (κ2) is 13.0. The Kier molecular flexibility index (Phi) is 8.76. The van der Waals surface area contributed by atoms with E-state index >= 15 is 0 Å². The molecule has 0 saturated carbocycles. The number of aryl methyl sites for hydroxylation is 1. The minimum absolute atomic E-state index is 0.109. The maximum absolute atomic E-state index is 12.7. The Morgan fingerprint density at radius 1 is 0.850 bits per heavy atom. The highest BCUT2D eigenvalue weighted by atomic mass is 16.5. The number of piperidine rings is 1. The van der Waals surface area contributed by atoms with Crippen molar-refractivity contribution in [2.24, 2.45) is 4.99 Å². The summed E-state index contributed by atoms with van der Waals surface area (Å²) in [4.78, 5) is 19.2. The van der Waals surface area contributed by atoms with E-state index in [0.717, 1.165) is 65.4 Å². The highest BCUT2D eigenvalue weighted by Gasteiger charge is 2.18. The second-order valence-corrected chi connectivity index (χ2v) is 9.87. The molecule has 40 heavy (non-hydrogen) atoms. The lowest BCUT2D eigenvalue weighted by molar-refractivity contribution is 0.0724. The largest absolute Gasteiger partial charge is 0.493 e. The van der Waals surface area contributed by atoms with Crippen LogP contribution in [0.15, 0.2) is 96.0 Å². The summed E-state index contributed by atoms with van der Waals surface area (Å²) in [6.45, 7) is 4.09. The minimum atomic E-state index is 0.109. The van der Waals surface area contributed by atoms with Crippen LogP contribution in [0.3, 0.4) is 0 Å². The van der Waals surface area contributed by atoms with Crippen LogP contribution >= 0.6 is 0 Å². The van der Waals surface area contributed by atoms with E-state index in [1.807, 2.05) is 103 Å². The lowest BCUT2D eigenvalue weighted by atomic mass is 10.1. The fourth-order valence-corrected chi connectivity index (χ4v) is 4.62. The van der Waals surface area contributed by atoms with Crippen LogP contribution in [-0.4, -0.2) is 37.2 Å². The van der Waals surface area contributed by atoms with Crippen molar-refractivity contribution in [2.45, 2.75) is 32.8 Å². The van der Waals surface area contributed by atoms with Gasteiger partial charge in [-0.1, -0.05) is 30.3 Å². The van der Waals surface area contributed by atoms with Gasteiger partial charge < -0.3 is 19.1 Å². The Bertz CT molecular complexity index is 1460. The van der Waals surface area contributed by atoms with Gasteiger partial charge in [0.2, 0.25) is 0 Å². The van der Waals surface area contributed by atoms with Crippen LogP contribution in [0.2, 0.25) is 0 Å². The molecule has 0 atom stereocenters. The molecule has 4 aromatic carbocycles. The van der Waals surface area contributed by atoms with Crippen molar-refractivity contribution in [3.05, 3.63) is 113 Å². The van der Waals surface area contributed by atoms with E-state index in [0.29, 0.717) is 18.1 Å². The van der Waals surface area contributed by atoms with Crippen molar-refractivity contribution < 1.29 is 19.0 Å². The molecule has 1 heterocycles. The Balaban J connectivity index is 1.17. The molecule has 0 spiro atoms. The number of rotatable bonds is 9. The number of amides is 1. The number of likely N-dealkylation sites (tertiary alicyclic amines) is 1. The molecule has 1 fully saturated rings. The van der Waals surface area contributed by atoms with Crippen molar-refractivity contribution in [3.63, 3.8) is 0 Å². The SMILES string of the molecule is COc1cc(C=Nc2ccc(Oc3ccccc3C)cc2)ccc1OCc1ccc(C(=O)N2CCCCC2)cc1. The molecule has 0 radical (unpaired) electrons. The lowest BCUT2D eigenvalue weighted by Crippen LogP contribution is -2.35. The van der Waals surface area contributed by atoms with Gasteiger partial charge in [-0.05, 0) is 104 Å². The maximum Gasteiger partial charge on any atom is 0.253 e. The summed E-state index contributed by atoms with van der Waals surface area (Å²) in [5, 5.41) is 0. The molecule has 1 saturated heterocycles. The van der Waals surface area contributed by atoms with Gasteiger partial charge in [0.15, 0.2) is 11.5 Å². The molecule has 4 aromatic rings. The van der Waals surface area contributed by atoms with Crippen LogP contribution in [0.4, 0.5) is 5.69 Å². The Morgan fingerprint density at radius 3 is 2.33 bits per heavy atom. The summed E-state index contributed by atoms with van der Waals surface area (Å²) < 4.78 is 17.6. The van der Waals surface area contributed by atoms with Gasteiger partial charge in [0, 0.05) is 24.9 Å². The van der Waals surface area contributed by atoms with Crippen molar-refractivity contribution >= 4 is 17.8 Å². The number of aliphatic imine (C=N–C) groups is 1. The second-order valence-electron chi connectivity index (χ2n) is 9.87. The molecule has 0 unspecified atom stereocenters. The zero-order valence-corrected chi connectivity index (χ0v) is 23.0. The number of methoxy groups -OCH3 is 1. The molecule has 6 nitrogen and oxygen atoms in total. The third-order valence-corrected chi connectivity index (χ3v) is 6.95. The maximum atomic E-state index is 12.7. The van der Waals surface area contributed by atoms with E-state index in [2.05, 4.69) is 4.99 Å². The summed E-state index contributed by atoms with van der Waals surface area (Å²) in [6.07, 6.45) is 5.17. The number of nitrogens with zero attached hydrogens (tertiary/aromatic N) is 2. The number of hydrogen-bond acceptors (Lipinski definition) is 5. The number of ether oxygens (including phenoxy) is 3. The summed E-state index contributed by atoms with van der Waals surface area (Å²) >= 11 is 0. The minimum Gasteiger partial charge on any atom is -0.493 e. The van der Waals surface area contributed by atoms with Crippen LogP contribution in [0, 0.1) is 6.92 Å². The van der Waals surface area contributed by atoms with Gasteiger partial charge in [-0.25, -0.2) is 0 Å². The van der Waals surface area contributed by atoms with Crippen LogP contribution < -0.4 is 14.2 Å². The third-order valence-electron chi connectivity index (χ3n) is 6.95. The standard InChI is InChI=1S/C34H34N2O4/c1-25-8-4-5-9-31(25)40-30-17-15-29(16-18-30)35-23-27-12-19-32(33(22-27)38-2)39-24-26-10-13-28(14-11-26)34(37)36-20-6-3-7-21-36/h4-5,8-19,22-23H,3,6-7,20-21,24H2,1-2H3. The van der Waals surface area contributed by atoms with Gasteiger partial charge in [-0.2, -0.15) is 0 Å². The van der Waals surface area contributed by atoms with Crippen LogP contribution in [-0.2, 0) is 6.61 Å². The molecule has 0 aromatic heterocycles. The predicted octanol–water partition coefficient (Wildman–Crippen LogP) is 7.75. The molecule has 1 aliphatic rings. The molecular formula is C34H34N2O4. The summed E-state index contributed by atoms with van der Waals surface area (Å²) in [6, 6.07) is 29.0. The molecule has 204 valence electrons. The fourth-order valence-electron chi connectivity index (χ4n) is 4.62. The number of carbonyl (C=O) groups is 1. The summed E-state index contributed by atoms with van der Waals surface area (Å²) in [5.74, 6) is 2.99. The fraction of sp³-hybridized carbons (Fsp3) is 0.235. The van der Waals surface area contributed by atoms with Crippen molar-refractivity contribution in [2.75, 3.05) is 20.2 Å². The smallest absolute Gasteiger partial charge is 0.253 e. The van der Waals surface area contributed by atoms with Crippen molar-refractivity contribution in [3.8, 4) is 23.0 Å². The van der Waals surface area contributed by atoms with E-state index < -0.39 is 0 Å². The van der Waals surface area contributed by atoms with E-state index in [-0.39, 0.29) is 5.91 Å². The van der Waals surface area contributed by atoms with Gasteiger partial charge in [0.1, 0.15) is 18.1 Å². The number of hydrogen-bond donors (Lipinski definition) is 0. The van der Waals surface area contributed by atoms with Crippen LogP contribution in [0.25, 0.3) is 0 Å². The molecule has 0 aliphatic carbocycles. The first-order valence-electron chi connectivity index (χ1n) is 13.7. The van der Waals surface area contributed by atoms with E-state index in [9.17, 15) is 4.79 Å². The molecule has 0 bridgehead atoms. The summed E-state index contributed by atoms with van der Waals surface area (Å²) in [7, 11) is 1.62. The quantitative estimate of drug-likeness (QED) is 0.206. The number of para-hydroxylation sites is 1. The predicted molar refractivity (Wildman–Crippen MR) is 158 cm³/mol. The number of carbonyl (C=O) groups excluding carboxylic acids is 1. The van der Waals surface area contributed by atoms with Crippen molar-refractivity contribution in [1.82, 2.24) is 4.90 Å². The van der Waals surface area contributed by atoms with Gasteiger partial charge in [-0.3, -0.25) is 9.79 Å². The zero-order valence-electron chi connectivity index (χ0n) is 23.0. The van der Waals surface area contributed by atoms with E-state index in [4.69, 9.17) is 14.2 Å². The van der Waals surface area contributed by atoms with Gasteiger partial charge in [-0.15, -0.1) is 0 Å². The zero-order chi connectivity index (χ0) is 27.7. The van der Waals surface area contributed by atoms with Gasteiger partial charge in [0.05, 0.1) is 12.8 Å². The van der Waals surface area contributed by atoms with Crippen LogP contribution in [0.1, 0.15) is 46.3 Å². The Hall–Kier alpha value is -4.58. The molecule has 0 N–H and O–H groups in total. The molecule has 5 rings (SSSR count). The normalized spacial score (nSPS) is 13.3. The lowest BCUT2D eigenvalue weighted by Gasteiger charge is -2.26. The van der Waals surface area contributed by atoms with E-state index in [1.165, 1.54) is 6.42 Å². The third kappa shape index (κ3) is 6.89. The van der Waals surface area contributed by atoms with Gasteiger partial charge >= 0.3 is 0 Å². The van der Waals surface area contributed by atoms with E-state index in [1.54, 1.807) is 13.3 Å². The first-order valence-corrected chi connectivity index (χ1v) is 13.7. The Labute approximate surface area is 235 Å². The van der Waals surface area contributed by atoms with Crippen molar-refractivity contribution in [1.29, 1.82) is 0 Å². The highest BCUT2D eigenvalue weighted by Crippen LogP contribution is 2.30. The van der Waals surface area contributed by atoms with Crippen LogP contribution in [0.5, 0.6) is 23.0 Å². The Morgan fingerprint density at radius 2 is 1.60 bits per heavy atom. The average molecular weight is 535 g/mol. The molecule has 1 amide bonds. The first-order chi connectivity index (χ1) is 19.6. The first kappa shape index (κ1) is 27.0. The monoisotopic (exact) mass is 534 g/mol. The highest BCUT2D eigenvalue weighted by molar-refractivity contribution is 5.94.